The number of hydrogen-bond donors (Lipinski definition) is 0. The van der Waals surface area contributed by atoms with Crippen molar-refractivity contribution in [2.24, 2.45) is 0 Å². The number of likely N-dealkylation sites (N-methyl/N-ethyl adjacent to an activating group) is 2. The highest BCUT2D eigenvalue weighted by molar-refractivity contribution is 7.00. The third-order valence-corrected chi connectivity index (χ3v) is 4.93. The van der Waals surface area contributed by atoms with Gasteiger partial charge in [0.1, 0.15) is 16.8 Å². The van der Waals surface area contributed by atoms with E-state index in [1.807, 2.05) is 49.5 Å². The maximum Gasteiger partial charge on any atom is 0.265 e. The second kappa shape index (κ2) is 6.33. The fourth-order valence-electron chi connectivity index (χ4n) is 3.06. The zero-order valence-electron chi connectivity index (χ0n) is 14.0. The fourth-order valence-corrected chi connectivity index (χ4v) is 3.58. The molecule has 0 fully saturated rings. The number of fused-ring (bicyclic) bond motifs is 2. The lowest BCUT2D eigenvalue weighted by Gasteiger charge is -2.34. The maximum atomic E-state index is 12.8. The van der Waals surface area contributed by atoms with Crippen LogP contribution in [-0.4, -0.2) is 46.3 Å². The molecule has 25 heavy (non-hydrogen) atoms. The van der Waals surface area contributed by atoms with Crippen molar-refractivity contribution in [1.82, 2.24) is 13.6 Å². The van der Waals surface area contributed by atoms with E-state index in [1.165, 1.54) is 11.7 Å². The van der Waals surface area contributed by atoms with Crippen LogP contribution in [0.1, 0.15) is 5.56 Å². The average molecular weight is 354 g/mol. The van der Waals surface area contributed by atoms with E-state index in [4.69, 9.17) is 4.74 Å². The molecule has 4 rings (SSSR count). The largest absolute Gasteiger partial charge is 0.477 e. The van der Waals surface area contributed by atoms with Gasteiger partial charge in [0.05, 0.1) is 24.0 Å². The summed E-state index contributed by atoms with van der Waals surface area (Å²) in [6.45, 7) is 1.05. The predicted molar refractivity (Wildman–Crippen MR) is 98.0 cm³/mol. The number of carbonyl (C=O) groups is 1. The van der Waals surface area contributed by atoms with E-state index in [2.05, 4.69) is 13.6 Å². The summed E-state index contributed by atoms with van der Waals surface area (Å²) in [5.74, 6) is 0.718. The van der Waals surface area contributed by atoms with Crippen LogP contribution in [0.25, 0.3) is 11.0 Å². The highest BCUT2D eigenvalue weighted by Crippen LogP contribution is 2.32. The summed E-state index contributed by atoms with van der Waals surface area (Å²) >= 11 is 1.20. The van der Waals surface area contributed by atoms with Crippen LogP contribution in [-0.2, 0) is 11.3 Å². The minimum atomic E-state index is -0.505. The number of carbonyl (C=O) groups excluding carboxylic acids is 1. The van der Waals surface area contributed by atoms with Crippen molar-refractivity contribution in [2.75, 3.05) is 25.5 Å². The van der Waals surface area contributed by atoms with Crippen molar-refractivity contribution in [3.8, 4) is 5.75 Å². The van der Waals surface area contributed by atoms with Crippen molar-refractivity contribution in [1.29, 1.82) is 0 Å². The zero-order valence-corrected chi connectivity index (χ0v) is 14.9. The highest BCUT2D eigenvalue weighted by atomic mass is 32.1. The molecular weight excluding hydrogens is 336 g/mol. The number of anilines is 1. The molecule has 6 nitrogen and oxygen atoms in total. The standard InChI is InChI=1S/C18H18N4O2S/c1-21-11-17(24-16-6-4-3-5-15(16)21)18(23)22(2)10-12-7-8-13-14(9-12)20-25-19-13/h3-9,17H,10-11H2,1-2H3/t17-/m1/s1. The minimum Gasteiger partial charge on any atom is -0.477 e. The molecule has 1 aromatic heterocycles. The summed E-state index contributed by atoms with van der Waals surface area (Å²) in [6.07, 6.45) is -0.505. The van der Waals surface area contributed by atoms with Gasteiger partial charge in [0.25, 0.3) is 5.91 Å². The molecule has 0 saturated carbocycles. The Hall–Kier alpha value is -2.67. The Labute approximate surface area is 150 Å². The molecule has 1 atom stereocenters. The van der Waals surface area contributed by atoms with Gasteiger partial charge < -0.3 is 14.5 Å². The smallest absolute Gasteiger partial charge is 0.265 e. The van der Waals surface area contributed by atoms with Crippen molar-refractivity contribution < 1.29 is 9.53 Å². The Bertz CT molecular complexity index is 926. The van der Waals surface area contributed by atoms with Gasteiger partial charge in [-0.2, -0.15) is 8.75 Å². The van der Waals surface area contributed by atoms with E-state index in [1.54, 1.807) is 11.9 Å². The summed E-state index contributed by atoms with van der Waals surface area (Å²) in [7, 11) is 3.78. The third kappa shape index (κ3) is 3.02. The normalized spacial score (nSPS) is 16.4. The summed E-state index contributed by atoms with van der Waals surface area (Å²) in [5, 5.41) is 0. The summed E-state index contributed by atoms with van der Waals surface area (Å²) in [5.41, 5.74) is 3.79. The van der Waals surface area contributed by atoms with Crippen LogP contribution in [0.4, 0.5) is 5.69 Å². The Morgan fingerprint density at radius 1 is 1.28 bits per heavy atom. The number of rotatable bonds is 3. The van der Waals surface area contributed by atoms with Gasteiger partial charge in [-0.15, -0.1) is 0 Å². The molecule has 0 saturated heterocycles. The lowest BCUT2D eigenvalue weighted by atomic mass is 10.1. The number of ether oxygens (including phenoxy) is 1. The molecule has 2 heterocycles. The van der Waals surface area contributed by atoms with Gasteiger partial charge in [-0.05, 0) is 29.8 Å². The molecule has 0 aliphatic carbocycles. The van der Waals surface area contributed by atoms with Gasteiger partial charge >= 0.3 is 0 Å². The molecule has 0 spiro atoms. The molecule has 0 radical (unpaired) electrons. The molecule has 1 aliphatic rings. The molecule has 0 bridgehead atoms. The fraction of sp³-hybridized carbons (Fsp3) is 0.278. The summed E-state index contributed by atoms with van der Waals surface area (Å²) in [4.78, 5) is 16.6. The molecule has 7 heteroatoms. The Kier molecular flexibility index (Phi) is 4.01. The number of hydrogen-bond acceptors (Lipinski definition) is 6. The second-order valence-electron chi connectivity index (χ2n) is 6.24. The van der Waals surface area contributed by atoms with Gasteiger partial charge in [0.2, 0.25) is 0 Å². The van der Waals surface area contributed by atoms with E-state index in [0.29, 0.717) is 13.1 Å². The minimum absolute atomic E-state index is 0.0298. The lowest BCUT2D eigenvalue weighted by molar-refractivity contribution is -0.137. The number of amides is 1. The molecule has 1 aliphatic heterocycles. The van der Waals surface area contributed by atoms with E-state index >= 15 is 0 Å². The van der Waals surface area contributed by atoms with Crippen LogP contribution >= 0.6 is 11.7 Å². The lowest BCUT2D eigenvalue weighted by Crippen LogP contribution is -2.48. The van der Waals surface area contributed by atoms with Crippen LogP contribution in [0.15, 0.2) is 42.5 Å². The van der Waals surface area contributed by atoms with Gasteiger partial charge in [-0.25, -0.2) is 0 Å². The third-order valence-electron chi connectivity index (χ3n) is 4.37. The molecule has 3 aromatic rings. The first kappa shape index (κ1) is 15.8. The number of nitrogens with zero attached hydrogens (tertiary/aromatic N) is 4. The quantitative estimate of drug-likeness (QED) is 0.723. The Morgan fingerprint density at radius 2 is 2.08 bits per heavy atom. The van der Waals surface area contributed by atoms with Crippen LogP contribution in [0.2, 0.25) is 0 Å². The summed E-state index contributed by atoms with van der Waals surface area (Å²) < 4.78 is 14.4. The van der Waals surface area contributed by atoms with E-state index in [-0.39, 0.29) is 5.91 Å². The molecule has 0 unspecified atom stereocenters. The number of benzene rings is 2. The van der Waals surface area contributed by atoms with Crippen LogP contribution < -0.4 is 9.64 Å². The van der Waals surface area contributed by atoms with Crippen molar-refractivity contribution in [3.63, 3.8) is 0 Å². The van der Waals surface area contributed by atoms with Crippen LogP contribution in [0.5, 0.6) is 5.75 Å². The Morgan fingerprint density at radius 3 is 2.96 bits per heavy atom. The van der Waals surface area contributed by atoms with Crippen molar-refractivity contribution in [3.05, 3.63) is 48.0 Å². The van der Waals surface area contributed by atoms with Gasteiger partial charge in [-0.3, -0.25) is 4.79 Å². The van der Waals surface area contributed by atoms with Crippen molar-refractivity contribution in [2.45, 2.75) is 12.6 Å². The van der Waals surface area contributed by atoms with E-state index < -0.39 is 6.10 Å². The highest BCUT2D eigenvalue weighted by Gasteiger charge is 2.30. The topological polar surface area (TPSA) is 58.6 Å². The zero-order chi connectivity index (χ0) is 17.4. The molecule has 2 aromatic carbocycles. The molecule has 1 amide bonds. The molecular formula is C18H18N4O2S. The molecule has 0 N–H and O–H groups in total. The van der Waals surface area contributed by atoms with E-state index in [9.17, 15) is 4.79 Å². The SMILES string of the molecule is CN(Cc1ccc2nsnc2c1)C(=O)[C@H]1CN(C)c2ccccc2O1. The maximum absolute atomic E-state index is 12.8. The Balaban J connectivity index is 1.48. The molecule has 128 valence electrons. The number of aromatic nitrogens is 2. The summed E-state index contributed by atoms with van der Waals surface area (Å²) in [6, 6.07) is 13.7. The number of para-hydroxylation sites is 2. The van der Waals surface area contributed by atoms with E-state index in [0.717, 1.165) is 28.0 Å². The van der Waals surface area contributed by atoms with Crippen LogP contribution in [0.3, 0.4) is 0 Å². The average Bonchev–Trinajstić information content (AvgIpc) is 3.08. The predicted octanol–water partition coefficient (Wildman–Crippen LogP) is 2.55. The van der Waals surface area contributed by atoms with Gasteiger partial charge in [-0.1, -0.05) is 18.2 Å². The van der Waals surface area contributed by atoms with Gasteiger partial charge in [0, 0.05) is 20.6 Å². The van der Waals surface area contributed by atoms with Crippen LogP contribution in [0, 0.1) is 0 Å². The second-order valence-corrected chi connectivity index (χ2v) is 6.76. The first-order chi connectivity index (χ1) is 12.1. The monoisotopic (exact) mass is 354 g/mol. The first-order valence-corrected chi connectivity index (χ1v) is 8.78. The van der Waals surface area contributed by atoms with Crippen molar-refractivity contribution >= 4 is 34.4 Å². The first-order valence-electron chi connectivity index (χ1n) is 8.05. The van der Waals surface area contributed by atoms with Gasteiger partial charge in [0.15, 0.2) is 6.10 Å².